The highest BCUT2D eigenvalue weighted by Gasteiger charge is 2.07. The van der Waals surface area contributed by atoms with Gasteiger partial charge in [0.1, 0.15) is 11.5 Å². The summed E-state index contributed by atoms with van der Waals surface area (Å²) in [5.74, 6) is 1.87. The van der Waals surface area contributed by atoms with Crippen molar-refractivity contribution in [3.8, 4) is 17.4 Å². The molecular formula is C15H16BrNO3. The smallest absolute Gasteiger partial charge is 0.219 e. The molecule has 5 heteroatoms. The molecule has 0 aliphatic carbocycles. The van der Waals surface area contributed by atoms with Crippen molar-refractivity contribution >= 4 is 15.9 Å². The summed E-state index contributed by atoms with van der Waals surface area (Å²) in [7, 11) is 1.61. The molecular weight excluding hydrogens is 322 g/mol. The minimum atomic E-state index is -0.0321. The van der Waals surface area contributed by atoms with E-state index < -0.39 is 0 Å². The first kappa shape index (κ1) is 14.8. The molecule has 0 aliphatic rings. The molecule has 0 saturated carbocycles. The minimum absolute atomic E-state index is 0.0321. The molecule has 20 heavy (non-hydrogen) atoms. The average Bonchev–Trinajstić information content (AvgIpc) is 2.48. The van der Waals surface area contributed by atoms with Crippen molar-refractivity contribution in [1.82, 2.24) is 4.98 Å². The highest BCUT2D eigenvalue weighted by molar-refractivity contribution is 9.10. The maximum atomic E-state index is 9.26. The number of pyridine rings is 1. The second-order valence-corrected chi connectivity index (χ2v) is 5.07. The number of benzene rings is 1. The number of aromatic nitrogens is 1. The SMILES string of the molecule is CCc1cc(CO)cc(Oc2ccc(OC)cc2Br)n1. The summed E-state index contributed by atoms with van der Waals surface area (Å²) in [6, 6.07) is 9.05. The summed E-state index contributed by atoms with van der Waals surface area (Å²) in [4.78, 5) is 4.39. The van der Waals surface area contributed by atoms with E-state index in [4.69, 9.17) is 9.47 Å². The third kappa shape index (κ3) is 3.49. The molecule has 0 saturated heterocycles. The van der Waals surface area contributed by atoms with Gasteiger partial charge in [-0.25, -0.2) is 4.98 Å². The van der Waals surface area contributed by atoms with Gasteiger partial charge in [-0.15, -0.1) is 0 Å². The Morgan fingerprint density at radius 3 is 2.65 bits per heavy atom. The molecule has 1 aromatic carbocycles. The number of rotatable bonds is 5. The monoisotopic (exact) mass is 337 g/mol. The number of halogens is 1. The molecule has 0 unspecified atom stereocenters. The number of hydrogen-bond acceptors (Lipinski definition) is 4. The Morgan fingerprint density at radius 1 is 1.25 bits per heavy atom. The van der Waals surface area contributed by atoms with Crippen LogP contribution in [0.2, 0.25) is 0 Å². The predicted molar refractivity (Wildman–Crippen MR) is 80.3 cm³/mol. The summed E-state index contributed by atoms with van der Waals surface area (Å²) in [5, 5.41) is 9.26. The maximum Gasteiger partial charge on any atom is 0.219 e. The highest BCUT2D eigenvalue weighted by Crippen LogP contribution is 2.32. The Kier molecular flexibility index (Phi) is 4.98. The predicted octanol–water partition coefficient (Wildman–Crippen LogP) is 3.70. The molecule has 1 N–H and O–H groups in total. The summed E-state index contributed by atoms with van der Waals surface area (Å²) in [6.45, 7) is 1.98. The second kappa shape index (κ2) is 6.72. The largest absolute Gasteiger partial charge is 0.497 e. The second-order valence-electron chi connectivity index (χ2n) is 4.22. The number of aliphatic hydroxyl groups excluding tert-OH is 1. The van der Waals surface area contributed by atoms with Gasteiger partial charge in [0.2, 0.25) is 5.88 Å². The van der Waals surface area contributed by atoms with E-state index in [0.717, 1.165) is 27.9 Å². The zero-order chi connectivity index (χ0) is 14.5. The summed E-state index contributed by atoms with van der Waals surface area (Å²) >= 11 is 3.43. The lowest BCUT2D eigenvalue weighted by Crippen LogP contribution is -1.96. The zero-order valence-electron chi connectivity index (χ0n) is 11.4. The lowest BCUT2D eigenvalue weighted by atomic mass is 10.2. The van der Waals surface area contributed by atoms with E-state index in [1.807, 2.05) is 31.2 Å². The van der Waals surface area contributed by atoms with Crippen LogP contribution in [0, 0.1) is 0 Å². The molecule has 0 fully saturated rings. The van der Waals surface area contributed by atoms with Gasteiger partial charge in [0.25, 0.3) is 0 Å². The van der Waals surface area contributed by atoms with Crippen LogP contribution in [-0.2, 0) is 13.0 Å². The van der Waals surface area contributed by atoms with Crippen molar-refractivity contribution in [1.29, 1.82) is 0 Å². The van der Waals surface area contributed by atoms with Crippen molar-refractivity contribution in [2.75, 3.05) is 7.11 Å². The van der Waals surface area contributed by atoms with Gasteiger partial charge in [0.15, 0.2) is 0 Å². The summed E-state index contributed by atoms with van der Waals surface area (Å²) < 4.78 is 11.7. The van der Waals surface area contributed by atoms with Gasteiger partial charge >= 0.3 is 0 Å². The van der Waals surface area contributed by atoms with Crippen LogP contribution in [0.25, 0.3) is 0 Å². The van der Waals surface area contributed by atoms with Gasteiger partial charge in [-0.05, 0) is 52.2 Å². The Balaban J connectivity index is 2.29. The fourth-order valence-electron chi connectivity index (χ4n) is 1.75. The van der Waals surface area contributed by atoms with E-state index in [9.17, 15) is 5.11 Å². The van der Waals surface area contributed by atoms with Crippen LogP contribution in [0.5, 0.6) is 17.4 Å². The van der Waals surface area contributed by atoms with Crippen LogP contribution in [-0.4, -0.2) is 17.2 Å². The lowest BCUT2D eigenvalue weighted by Gasteiger charge is -2.10. The van der Waals surface area contributed by atoms with E-state index in [1.54, 1.807) is 13.2 Å². The van der Waals surface area contributed by atoms with Crippen LogP contribution in [0.3, 0.4) is 0 Å². The van der Waals surface area contributed by atoms with Crippen LogP contribution >= 0.6 is 15.9 Å². The molecule has 0 spiro atoms. The van der Waals surface area contributed by atoms with E-state index >= 15 is 0 Å². The number of methoxy groups -OCH3 is 1. The fourth-order valence-corrected chi connectivity index (χ4v) is 2.19. The Bertz CT molecular complexity index is 579. The van der Waals surface area contributed by atoms with Crippen LogP contribution in [0.1, 0.15) is 18.2 Å². The molecule has 0 bridgehead atoms. The molecule has 0 amide bonds. The summed E-state index contributed by atoms with van der Waals surface area (Å²) in [6.07, 6.45) is 0.786. The van der Waals surface area contributed by atoms with Crippen molar-refractivity contribution in [2.45, 2.75) is 20.0 Å². The normalized spacial score (nSPS) is 10.4. The zero-order valence-corrected chi connectivity index (χ0v) is 13.0. The molecule has 1 heterocycles. The Hall–Kier alpha value is -1.59. The van der Waals surface area contributed by atoms with Crippen molar-refractivity contribution < 1.29 is 14.6 Å². The summed E-state index contributed by atoms with van der Waals surface area (Å²) in [5.41, 5.74) is 1.67. The van der Waals surface area contributed by atoms with Gasteiger partial charge in [0.05, 0.1) is 18.2 Å². The first-order valence-electron chi connectivity index (χ1n) is 6.28. The van der Waals surface area contributed by atoms with Crippen molar-refractivity contribution in [2.24, 2.45) is 0 Å². The molecule has 2 aromatic rings. The maximum absolute atomic E-state index is 9.26. The van der Waals surface area contributed by atoms with Gasteiger partial charge in [-0.1, -0.05) is 6.92 Å². The van der Waals surface area contributed by atoms with E-state index in [0.29, 0.717) is 11.6 Å². The fraction of sp³-hybridized carbons (Fsp3) is 0.267. The van der Waals surface area contributed by atoms with Crippen molar-refractivity contribution in [3.63, 3.8) is 0 Å². The number of ether oxygens (including phenoxy) is 2. The first-order valence-corrected chi connectivity index (χ1v) is 7.07. The number of aryl methyl sites for hydroxylation is 1. The molecule has 0 atom stereocenters. The highest BCUT2D eigenvalue weighted by atomic mass is 79.9. The van der Waals surface area contributed by atoms with Gasteiger partial charge in [0, 0.05) is 11.8 Å². The number of aliphatic hydroxyl groups is 1. The van der Waals surface area contributed by atoms with Gasteiger partial charge < -0.3 is 14.6 Å². The third-order valence-electron chi connectivity index (χ3n) is 2.81. The average molecular weight is 338 g/mol. The van der Waals surface area contributed by atoms with Gasteiger partial charge in [-0.2, -0.15) is 0 Å². The standard InChI is InChI=1S/C15H16BrNO3/c1-3-11-6-10(9-18)7-15(17-11)20-14-5-4-12(19-2)8-13(14)16/h4-8,18H,3,9H2,1-2H3. The third-order valence-corrected chi connectivity index (χ3v) is 3.43. The van der Waals surface area contributed by atoms with E-state index in [2.05, 4.69) is 20.9 Å². The number of hydrogen-bond donors (Lipinski definition) is 1. The van der Waals surface area contributed by atoms with Crippen LogP contribution in [0.15, 0.2) is 34.8 Å². The lowest BCUT2D eigenvalue weighted by molar-refractivity contribution is 0.281. The van der Waals surface area contributed by atoms with Crippen LogP contribution < -0.4 is 9.47 Å². The molecule has 0 aliphatic heterocycles. The Morgan fingerprint density at radius 2 is 2.05 bits per heavy atom. The molecule has 106 valence electrons. The van der Waals surface area contributed by atoms with E-state index in [1.165, 1.54) is 0 Å². The minimum Gasteiger partial charge on any atom is -0.497 e. The molecule has 0 radical (unpaired) electrons. The molecule has 1 aromatic heterocycles. The topological polar surface area (TPSA) is 51.6 Å². The Labute approximate surface area is 126 Å². The van der Waals surface area contributed by atoms with Crippen LogP contribution in [0.4, 0.5) is 0 Å². The molecule has 4 nitrogen and oxygen atoms in total. The van der Waals surface area contributed by atoms with Crippen molar-refractivity contribution in [3.05, 3.63) is 46.1 Å². The number of nitrogens with zero attached hydrogens (tertiary/aromatic N) is 1. The van der Waals surface area contributed by atoms with E-state index in [-0.39, 0.29) is 6.61 Å². The van der Waals surface area contributed by atoms with Gasteiger partial charge in [-0.3, -0.25) is 0 Å². The quantitative estimate of drug-likeness (QED) is 0.903. The molecule has 2 rings (SSSR count). The first-order chi connectivity index (χ1) is 9.66.